The van der Waals surface area contributed by atoms with Crippen molar-refractivity contribution >= 4 is 0 Å². The molecule has 2 unspecified atom stereocenters. The summed E-state index contributed by atoms with van der Waals surface area (Å²) in [5, 5.41) is 3.24. The van der Waals surface area contributed by atoms with E-state index in [2.05, 4.69) is 11.2 Å². The molecular weight excluding hydrogens is 164 g/mol. The fourth-order valence-corrected chi connectivity index (χ4v) is 1.05. The Labute approximate surface area is 81.0 Å². The van der Waals surface area contributed by atoms with E-state index >= 15 is 0 Å². The molecule has 0 bridgehead atoms. The molecule has 0 rings (SSSR count). The molecule has 2 atom stereocenters. The molecule has 3 nitrogen and oxygen atoms in total. The highest BCUT2D eigenvalue weighted by Gasteiger charge is 2.23. The lowest BCUT2D eigenvalue weighted by Gasteiger charge is -2.30. The number of hydrogen-bond acceptors (Lipinski definition) is 3. The predicted octanol–water partition coefficient (Wildman–Crippen LogP) is 0.352. The Morgan fingerprint density at radius 2 is 2.31 bits per heavy atom. The summed E-state index contributed by atoms with van der Waals surface area (Å²) in [6, 6.07) is 0.0222. The molecule has 0 spiro atoms. The van der Waals surface area contributed by atoms with Gasteiger partial charge in [-0.15, -0.1) is 6.42 Å². The van der Waals surface area contributed by atoms with Crippen molar-refractivity contribution in [1.29, 1.82) is 0 Å². The number of terminal acetylenes is 1. The highest BCUT2D eigenvalue weighted by molar-refractivity contribution is 5.00. The van der Waals surface area contributed by atoms with Gasteiger partial charge in [0.15, 0.2) is 0 Å². The van der Waals surface area contributed by atoms with Crippen molar-refractivity contribution in [3.05, 3.63) is 0 Å². The molecule has 0 saturated carbocycles. The van der Waals surface area contributed by atoms with Crippen LogP contribution in [0.15, 0.2) is 0 Å². The van der Waals surface area contributed by atoms with Gasteiger partial charge in [-0.1, -0.05) is 5.92 Å². The summed E-state index contributed by atoms with van der Waals surface area (Å²) < 4.78 is 5.32. The molecule has 13 heavy (non-hydrogen) atoms. The summed E-state index contributed by atoms with van der Waals surface area (Å²) >= 11 is 0. The van der Waals surface area contributed by atoms with Crippen molar-refractivity contribution < 1.29 is 4.74 Å². The van der Waals surface area contributed by atoms with Crippen LogP contribution in [0.1, 0.15) is 20.8 Å². The third kappa shape index (κ3) is 4.89. The van der Waals surface area contributed by atoms with Crippen LogP contribution in [0, 0.1) is 12.3 Å². The van der Waals surface area contributed by atoms with Crippen LogP contribution in [0.4, 0.5) is 0 Å². The van der Waals surface area contributed by atoms with E-state index in [1.807, 2.05) is 20.8 Å². The fraction of sp³-hybridized carbons (Fsp3) is 0.800. The molecule has 0 aromatic carbocycles. The summed E-state index contributed by atoms with van der Waals surface area (Å²) in [4.78, 5) is 0. The molecule has 3 N–H and O–H groups in total. The van der Waals surface area contributed by atoms with Crippen molar-refractivity contribution in [1.82, 2.24) is 5.32 Å². The van der Waals surface area contributed by atoms with Crippen molar-refractivity contribution in [2.24, 2.45) is 5.73 Å². The minimum absolute atomic E-state index is 0.0222. The lowest BCUT2D eigenvalue weighted by Crippen LogP contribution is -2.55. The lowest BCUT2D eigenvalue weighted by molar-refractivity contribution is 0.0855. The van der Waals surface area contributed by atoms with Crippen LogP contribution in [0.2, 0.25) is 0 Å². The molecule has 0 saturated heterocycles. The first-order chi connectivity index (χ1) is 6.08. The number of nitrogens with one attached hydrogen (secondary N) is 1. The summed E-state index contributed by atoms with van der Waals surface area (Å²) in [7, 11) is 0. The SMILES string of the molecule is C#CC(C)NC(C)(CN)COCC. The maximum absolute atomic E-state index is 5.64. The second-order valence-corrected chi connectivity index (χ2v) is 3.43. The fourth-order valence-electron chi connectivity index (χ4n) is 1.05. The maximum atomic E-state index is 5.64. The molecular formula is C10H20N2O. The largest absolute Gasteiger partial charge is 0.380 e. The highest BCUT2D eigenvalue weighted by atomic mass is 16.5. The Morgan fingerprint density at radius 1 is 1.69 bits per heavy atom. The third-order valence-corrected chi connectivity index (χ3v) is 1.89. The Balaban J connectivity index is 4.04. The second kappa shape index (κ2) is 5.98. The Bertz CT molecular complexity index is 176. The standard InChI is InChI=1S/C10H20N2O/c1-5-9(3)12-10(4,7-11)8-13-6-2/h1,9,12H,6-8,11H2,2-4H3. The normalized spacial score (nSPS) is 17.5. The predicted molar refractivity (Wildman–Crippen MR) is 55.4 cm³/mol. The number of rotatable bonds is 6. The van der Waals surface area contributed by atoms with E-state index in [0.29, 0.717) is 19.8 Å². The number of hydrogen-bond donors (Lipinski definition) is 2. The molecule has 0 amide bonds. The molecule has 0 aromatic heterocycles. The summed E-state index contributed by atoms with van der Waals surface area (Å²) in [6.45, 7) is 7.70. The first kappa shape index (κ1) is 12.4. The quantitative estimate of drug-likeness (QED) is 0.586. The van der Waals surface area contributed by atoms with E-state index in [1.165, 1.54) is 0 Å². The first-order valence-corrected chi connectivity index (χ1v) is 4.59. The van der Waals surface area contributed by atoms with Crippen LogP contribution in [0.5, 0.6) is 0 Å². The molecule has 3 heteroatoms. The molecule has 0 heterocycles. The maximum Gasteiger partial charge on any atom is 0.0663 e. The van der Waals surface area contributed by atoms with Gasteiger partial charge in [-0.3, -0.25) is 5.32 Å². The Hall–Kier alpha value is -0.560. The molecule has 0 radical (unpaired) electrons. The zero-order chi connectivity index (χ0) is 10.3. The molecule has 0 fully saturated rings. The van der Waals surface area contributed by atoms with E-state index in [9.17, 15) is 0 Å². The second-order valence-electron chi connectivity index (χ2n) is 3.43. The zero-order valence-electron chi connectivity index (χ0n) is 8.76. The van der Waals surface area contributed by atoms with Gasteiger partial charge in [0.2, 0.25) is 0 Å². The van der Waals surface area contributed by atoms with Crippen LogP contribution in [0.25, 0.3) is 0 Å². The molecule has 0 aliphatic rings. The summed E-state index contributed by atoms with van der Waals surface area (Å²) in [5.74, 6) is 2.61. The van der Waals surface area contributed by atoms with Gasteiger partial charge in [0.1, 0.15) is 0 Å². The van der Waals surface area contributed by atoms with Crippen LogP contribution in [-0.4, -0.2) is 31.3 Å². The third-order valence-electron chi connectivity index (χ3n) is 1.89. The molecule has 0 aromatic rings. The van der Waals surface area contributed by atoms with Crippen molar-refractivity contribution in [2.45, 2.75) is 32.4 Å². The van der Waals surface area contributed by atoms with E-state index in [4.69, 9.17) is 16.9 Å². The van der Waals surface area contributed by atoms with Crippen LogP contribution < -0.4 is 11.1 Å². The van der Waals surface area contributed by atoms with E-state index in [0.717, 1.165) is 0 Å². The highest BCUT2D eigenvalue weighted by Crippen LogP contribution is 2.03. The van der Waals surface area contributed by atoms with Gasteiger partial charge in [0.25, 0.3) is 0 Å². The Morgan fingerprint density at radius 3 is 2.69 bits per heavy atom. The number of ether oxygens (including phenoxy) is 1. The average molecular weight is 184 g/mol. The van der Waals surface area contributed by atoms with E-state index < -0.39 is 0 Å². The van der Waals surface area contributed by atoms with E-state index in [1.54, 1.807) is 0 Å². The first-order valence-electron chi connectivity index (χ1n) is 4.59. The van der Waals surface area contributed by atoms with Gasteiger partial charge in [-0.25, -0.2) is 0 Å². The number of nitrogens with two attached hydrogens (primary N) is 1. The lowest BCUT2D eigenvalue weighted by atomic mass is 10.0. The van der Waals surface area contributed by atoms with Crippen LogP contribution >= 0.6 is 0 Å². The van der Waals surface area contributed by atoms with Gasteiger partial charge in [0.05, 0.1) is 18.2 Å². The van der Waals surface area contributed by atoms with Gasteiger partial charge in [0, 0.05) is 13.2 Å². The van der Waals surface area contributed by atoms with E-state index in [-0.39, 0.29) is 11.6 Å². The smallest absolute Gasteiger partial charge is 0.0663 e. The zero-order valence-corrected chi connectivity index (χ0v) is 8.76. The minimum atomic E-state index is -0.220. The average Bonchev–Trinajstić information content (AvgIpc) is 2.14. The minimum Gasteiger partial charge on any atom is -0.380 e. The van der Waals surface area contributed by atoms with Gasteiger partial charge < -0.3 is 10.5 Å². The monoisotopic (exact) mass is 184 g/mol. The topological polar surface area (TPSA) is 47.3 Å². The molecule has 0 aliphatic heterocycles. The summed E-state index contributed by atoms with van der Waals surface area (Å²) in [5.41, 5.74) is 5.42. The van der Waals surface area contributed by atoms with Crippen molar-refractivity contribution in [2.75, 3.05) is 19.8 Å². The van der Waals surface area contributed by atoms with Crippen LogP contribution in [-0.2, 0) is 4.74 Å². The van der Waals surface area contributed by atoms with Crippen molar-refractivity contribution in [3.8, 4) is 12.3 Å². The molecule has 0 aliphatic carbocycles. The van der Waals surface area contributed by atoms with Gasteiger partial charge in [-0.2, -0.15) is 0 Å². The molecule has 76 valence electrons. The van der Waals surface area contributed by atoms with Crippen molar-refractivity contribution in [3.63, 3.8) is 0 Å². The van der Waals surface area contributed by atoms with Gasteiger partial charge in [-0.05, 0) is 20.8 Å². The Kier molecular flexibility index (Phi) is 5.72. The van der Waals surface area contributed by atoms with Crippen LogP contribution in [0.3, 0.4) is 0 Å². The van der Waals surface area contributed by atoms with Gasteiger partial charge >= 0.3 is 0 Å². The summed E-state index contributed by atoms with van der Waals surface area (Å²) in [6.07, 6.45) is 5.27.